The van der Waals surface area contributed by atoms with Crippen molar-refractivity contribution >= 4 is 27.3 Å². The summed E-state index contributed by atoms with van der Waals surface area (Å²) >= 11 is 5.94. The Morgan fingerprint density at radius 2 is 2.23 bits per heavy atom. The van der Waals surface area contributed by atoms with E-state index in [1.807, 2.05) is 25.1 Å². The Balaban J connectivity index is 1.71. The lowest BCUT2D eigenvalue weighted by Gasteiger charge is -2.15. The van der Waals surface area contributed by atoms with E-state index in [9.17, 15) is 13.2 Å². The van der Waals surface area contributed by atoms with Gasteiger partial charge in [0.1, 0.15) is 0 Å². The molecule has 0 aliphatic carbocycles. The maximum absolute atomic E-state index is 11.8. The average Bonchev–Trinajstić information content (AvgIpc) is 2.82. The number of rotatable bonds is 6. The van der Waals surface area contributed by atoms with Crippen molar-refractivity contribution < 1.29 is 13.2 Å². The van der Waals surface area contributed by atoms with Crippen LogP contribution in [0.5, 0.6) is 0 Å². The molecular formula is C15H21ClN2O3S. The Labute approximate surface area is 136 Å². The lowest BCUT2D eigenvalue weighted by Crippen LogP contribution is -2.37. The zero-order valence-electron chi connectivity index (χ0n) is 12.5. The Hall–Kier alpha value is -1.11. The third kappa shape index (κ3) is 5.26. The van der Waals surface area contributed by atoms with E-state index in [4.69, 9.17) is 11.6 Å². The fourth-order valence-corrected chi connectivity index (χ4v) is 4.55. The fraction of sp³-hybridized carbons (Fsp3) is 0.533. The van der Waals surface area contributed by atoms with Gasteiger partial charge in [0.05, 0.1) is 18.1 Å². The molecule has 1 aliphatic rings. The molecule has 0 spiro atoms. The van der Waals surface area contributed by atoms with Crippen LogP contribution in [-0.2, 0) is 14.6 Å². The van der Waals surface area contributed by atoms with Crippen LogP contribution in [0.2, 0.25) is 5.02 Å². The summed E-state index contributed by atoms with van der Waals surface area (Å²) in [4.78, 5) is 11.8. The summed E-state index contributed by atoms with van der Waals surface area (Å²) in [6.07, 6.45) is 0.634. The molecule has 0 saturated carbocycles. The summed E-state index contributed by atoms with van der Waals surface area (Å²) in [5, 5.41) is 6.58. The van der Waals surface area contributed by atoms with Crippen LogP contribution >= 0.6 is 11.6 Å². The highest BCUT2D eigenvalue weighted by Crippen LogP contribution is 2.18. The second-order valence-electron chi connectivity index (χ2n) is 5.73. The van der Waals surface area contributed by atoms with Crippen LogP contribution in [0.3, 0.4) is 0 Å². The molecule has 7 heteroatoms. The number of hydrogen-bond donors (Lipinski definition) is 2. The minimum Gasteiger partial charge on any atom is -0.355 e. The maximum Gasteiger partial charge on any atom is 0.233 e. The Kier molecular flexibility index (Phi) is 5.83. The molecule has 0 radical (unpaired) electrons. The number of amides is 1. The van der Waals surface area contributed by atoms with Crippen molar-refractivity contribution in [2.45, 2.75) is 19.4 Å². The quantitative estimate of drug-likeness (QED) is 0.821. The molecule has 1 amide bonds. The first kappa shape index (κ1) is 17.2. The van der Waals surface area contributed by atoms with Crippen molar-refractivity contribution in [1.82, 2.24) is 10.6 Å². The SMILES string of the molecule is C[C@@H](NCC(=O)NC[C@@H]1CCS(=O)(=O)C1)c1cccc(Cl)c1. The van der Waals surface area contributed by atoms with Gasteiger partial charge in [-0.15, -0.1) is 0 Å². The molecule has 1 aliphatic heterocycles. The Morgan fingerprint density at radius 3 is 2.86 bits per heavy atom. The number of carbonyl (C=O) groups excluding carboxylic acids is 1. The standard InChI is InChI=1S/C15H21ClN2O3S/c1-11(13-3-2-4-14(16)7-13)17-9-15(19)18-8-12-5-6-22(20,21)10-12/h2-4,7,11-12,17H,5-6,8-10H2,1H3,(H,18,19)/t11-,12+/m1/s1. The van der Waals surface area contributed by atoms with Gasteiger partial charge in [0, 0.05) is 17.6 Å². The molecule has 5 nitrogen and oxygen atoms in total. The predicted molar refractivity (Wildman–Crippen MR) is 87.6 cm³/mol. The van der Waals surface area contributed by atoms with Gasteiger partial charge in [-0.3, -0.25) is 4.79 Å². The van der Waals surface area contributed by atoms with Crippen LogP contribution in [0.15, 0.2) is 24.3 Å². The van der Waals surface area contributed by atoms with Gasteiger partial charge in [0.25, 0.3) is 0 Å². The monoisotopic (exact) mass is 344 g/mol. The number of nitrogens with one attached hydrogen (secondary N) is 2. The highest BCUT2D eigenvalue weighted by atomic mass is 35.5. The highest BCUT2D eigenvalue weighted by Gasteiger charge is 2.27. The largest absolute Gasteiger partial charge is 0.355 e. The molecular weight excluding hydrogens is 324 g/mol. The van der Waals surface area contributed by atoms with Gasteiger partial charge in [0.15, 0.2) is 9.84 Å². The van der Waals surface area contributed by atoms with E-state index in [-0.39, 0.29) is 35.9 Å². The number of carbonyl (C=O) groups is 1. The van der Waals surface area contributed by atoms with E-state index >= 15 is 0 Å². The van der Waals surface area contributed by atoms with Gasteiger partial charge in [-0.2, -0.15) is 0 Å². The summed E-state index contributed by atoms with van der Waals surface area (Å²) in [6.45, 7) is 2.57. The Morgan fingerprint density at radius 1 is 1.45 bits per heavy atom. The second-order valence-corrected chi connectivity index (χ2v) is 8.40. The van der Waals surface area contributed by atoms with Gasteiger partial charge in [-0.25, -0.2) is 8.42 Å². The topological polar surface area (TPSA) is 75.3 Å². The molecule has 22 heavy (non-hydrogen) atoms. The van der Waals surface area contributed by atoms with Crippen LogP contribution in [0.1, 0.15) is 24.9 Å². The summed E-state index contributed by atoms with van der Waals surface area (Å²) in [6, 6.07) is 7.50. The van der Waals surface area contributed by atoms with Crippen LogP contribution < -0.4 is 10.6 Å². The van der Waals surface area contributed by atoms with Gasteiger partial charge in [0.2, 0.25) is 5.91 Å². The number of halogens is 1. The van der Waals surface area contributed by atoms with E-state index in [1.165, 1.54) is 0 Å². The molecule has 0 unspecified atom stereocenters. The molecule has 2 rings (SSSR count). The van der Waals surface area contributed by atoms with Crippen molar-refractivity contribution in [3.8, 4) is 0 Å². The fourth-order valence-electron chi connectivity index (χ4n) is 2.49. The van der Waals surface area contributed by atoms with Crippen molar-refractivity contribution in [3.63, 3.8) is 0 Å². The molecule has 0 aromatic heterocycles. The summed E-state index contributed by atoms with van der Waals surface area (Å²) < 4.78 is 22.7. The zero-order chi connectivity index (χ0) is 16.2. The van der Waals surface area contributed by atoms with E-state index in [2.05, 4.69) is 10.6 Å². The maximum atomic E-state index is 11.8. The minimum atomic E-state index is -2.89. The van der Waals surface area contributed by atoms with Gasteiger partial charge in [-0.1, -0.05) is 23.7 Å². The molecule has 1 aromatic carbocycles. The average molecular weight is 345 g/mol. The van der Waals surface area contributed by atoms with E-state index < -0.39 is 9.84 Å². The number of benzene rings is 1. The smallest absolute Gasteiger partial charge is 0.233 e. The third-order valence-electron chi connectivity index (χ3n) is 3.83. The molecule has 122 valence electrons. The molecule has 2 N–H and O–H groups in total. The van der Waals surface area contributed by atoms with Crippen molar-refractivity contribution in [2.24, 2.45) is 5.92 Å². The lowest BCUT2D eigenvalue weighted by molar-refractivity contribution is -0.120. The first-order chi connectivity index (χ1) is 10.4. The van der Waals surface area contributed by atoms with Gasteiger partial charge >= 0.3 is 0 Å². The minimum absolute atomic E-state index is 0.0105. The Bertz CT molecular complexity index is 633. The second kappa shape index (κ2) is 7.44. The van der Waals surface area contributed by atoms with Crippen LogP contribution in [0.25, 0.3) is 0 Å². The molecule has 1 heterocycles. The predicted octanol–water partition coefficient (Wildman–Crippen LogP) is 1.54. The summed E-state index contributed by atoms with van der Waals surface area (Å²) in [5.41, 5.74) is 1.02. The third-order valence-corrected chi connectivity index (χ3v) is 5.90. The highest BCUT2D eigenvalue weighted by molar-refractivity contribution is 7.91. The number of sulfone groups is 1. The molecule has 2 atom stereocenters. The molecule has 0 bridgehead atoms. The van der Waals surface area contributed by atoms with Crippen molar-refractivity contribution in [1.29, 1.82) is 0 Å². The van der Waals surface area contributed by atoms with Crippen molar-refractivity contribution in [2.75, 3.05) is 24.6 Å². The van der Waals surface area contributed by atoms with E-state index in [0.717, 1.165) is 5.56 Å². The van der Waals surface area contributed by atoms with Crippen molar-refractivity contribution in [3.05, 3.63) is 34.9 Å². The normalized spacial score (nSPS) is 21.5. The molecule has 1 saturated heterocycles. The van der Waals surface area contributed by atoms with E-state index in [1.54, 1.807) is 6.07 Å². The lowest BCUT2D eigenvalue weighted by atomic mass is 10.1. The molecule has 1 aromatic rings. The number of hydrogen-bond acceptors (Lipinski definition) is 4. The first-order valence-electron chi connectivity index (χ1n) is 7.32. The zero-order valence-corrected chi connectivity index (χ0v) is 14.1. The first-order valence-corrected chi connectivity index (χ1v) is 9.51. The van der Waals surface area contributed by atoms with Crippen LogP contribution in [-0.4, -0.2) is 38.9 Å². The van der Waals surface area contributed by atoms with E-state index in [0.29, 0.717) is 18.0 Å². The van der Waals surface area contributed by atoms with Gasteiger partial charge in [-0.05, 0) is 37.0 Å². The van der Waals surface area contributed by atoms with Crippen LogP contribution in [0.4, 0.5) is 0 Å². The summed E-state index contributed by atoms with van der Waals surface area (Å²) in [5.74, 6) is 0.328. The molecule has 1 fully saturated rings. The van der Waals surface area contributed by atoms with Gasteiger partial charge < -0.3 is 10.6 Å². The van der Waals surface area contributed by atoms with Crippen LogP contribution in [0, 0.1) is 5.92 Å². The summed E-state index contributed by atoms with van der Waals surface area (Å²) in [7, 11) is -2.89.